The molecule has 0 spiro atoms. The third kappa shape index (κ3) is 3.24. The van der Waals surface area contributed by atoms with Gasteiger partial charge in [0, 0.05) is 34.1 Å². The molecule has 2 aromatic carbocycles. The molecule has 6 heteroatoms. The second-order valence-corrected chi connectivity index (χ2v) is 5.63. The van der Waals surface area contributed by atoms with E-state index in [1.807, 2.05) is 24.3 Å². The lowest BCUT2D eigenvalue weighted by Crippen LogP contribution is -1.69. The minimum Gasteiger partial charge on any atom is -0.0525 e. The molecule has 0 radical (unpaired) electrons. The maximum absolute atomic E-state index is 8.57. The molecule has 0 aliphatic heterocycles. The van der Waals surface area contributed by atoms with Crippen LogP contribution in [0.2, 0.25) is 0 Å². The summed E-state index contributed by atoms with van der Waals surface area (Å²) in [4.78, 5) is 8.34. The molecule has 2 rings (SSSR count). The minimum absolute atomic E-state index is 0.540. The van der Waals surface area contributed by atoms with Crippen molar-refractivity contribution in [3.05, 3.63) is 58.5 Å². The van der Waals surface area contributed by atoms with Gasteiger partial charge in [-0.2, -0.15) is 0 Å². The maximum atomic E-state index is 8.57. The Hall–Kier alpha value is -2.02. The van der Waals surface area contributed by atoms with Gasteiger partial charge in [-0.05, 0) is 24.3 Å². The Balaban J connectivity index is 1.98. The van der Waals surface area contributed by atoms with Crippen LogP contribution >= 0.6 is 21.6 Å². The molecule has 4 nitrogen and oxygen atoms in total. The highest BCUT2D eigenvalue weighted by Gasteiger charge is 2.06. The van der Waals surface area contributed by atoms with Gasteiger partial charge >= 0.3 is 11.4 Å². The highest BCUT2D eigenvalue weighted by atomic mass is 33.1. The summed E-state index contributed by atoms with van der Waals surface area (Å²) in [5, 5.41) is 17.1. The summed E-state index contributed by atoms with van der Waals surface area (Å²) in [6.07, 6.45) is 0. The second-order valence-electron chi connectivity index (χ2n) is 3.35. The molecule has 0 unspecified atom stereocenters. The van der Waals surface area contributed by atoms with Gasteiger partial charge in [-0.3, -0.25) is 0 Å². The Morgan fingerprint density at radius 3 is 1.22 bits per heavy atom. The molecule has 0 aliphatic carbocycles. The number of hydrogen-bond donors (Lipinski definition) is 0. The molecule has 0 bridgehead atoms. The summed E-state index contributed by atoms with van der Waals surface area (Å²) in [5.41, 5.74) is 1.08. The quantitative estimate of drug-likeness (QED) is 0.550. The summed E-state index contributed by atoms with van der Waals surface area (Å²) in [6.45, 7) is 0. The third-order valence-corrected chi connectivity index (χ3v) is 4.56. The monoisotopic (exact) mass is 272 g/mol. The molecular weight excluding hydrogens is 264 g/mol. The van der Waals surface area contributed by atoms with Gasteiger partial charge < -0.3 is 0 Å². The largest absolute Gasteiger partial charge is 0.385 e. The van der Waals surface area contributed by atoms with E-state index in [9.17, 15) is 0 Å². The Labute approximate surface area is 112 Å². The SMILES string of the molecule is N#[N+]c1ccc(SSc2ccc([N+]#N)cc2)cc1. The fourth-order valence-electron chi connectivity index (χ4n) is 1.23. The Kier molecular flexibility index (Phi) is 4.19. The van der Waals surface area contributed by atoms with Crippen LogP contribution in [0.15, 0.2) is 58.3 Å². The van der Waals surface area contributed by atoms with Gasteiger partial charge in [0.25, 0.3) is 0 Å². The van der Waals surface area contributed by atoms with Crippen molar-refractivity contribution < 1.29 is 0 Å². The standard InChI is InChI=1S/C12H8N4S2/c13-15-9-1-5-11(6-2-9)17-18-12-7-3-10(16-14)4-8-12/h1-8H/q+2. The minimum atomic E-state index is 0.540. The molecule has 0 aromatic heterocycles. The number of benzene rings is 2. The molecule has 0 aliphatic rings. The predicted octanol–water partition coefficient (Wildman–Crippen LogP) is 5.46. The molecule has 0 heterocycles. The molecule has 0 saturated carbocycles. The molecule has 2 aromatic rings. The van der Waals surface area contributed by atoms with Crippen molar-refractivity contribution >= 4 is 33.0 Å². The van der Waals surface area contributed by atoms with Crippen LogP contribution in [0.4, 0.5) is 11.4 Å². The van der Waals surface area contributed by atoms with Crippen LogP contribution in [0.5, 0.6) is 0 Å². The Morgan fingerprint density at radius 2 is 0.944 bits per heavy atom. The molecule has 0 fully saturated rings. The predicted molar refractivity (Wildman–Crippen MR) is 74.1 cm³/mol. The Morgan fingerprint density at radius 1 is 0.611 bits per heavy atom. The van der Waals surface area contributed by atoms with Crippen LogP contribution in [-0.4, -0.2) is 0 Å². The van der Waals surface area contributed by atoms with Crippen molar-refractivity contribution in [3.8, 4) is 0 Å². The average molecular weight is 272 g/mol. The van der Waals surface area contributed by atoms with Crippen molar-refractivity contribution in [2.45, 2.75) is 9.79 Å². The first-order valence-corrected chi connectivity index (χ1v) is 7.21. The number of rotatable bonds is 3. The summed E-state index contributed by atoms with van der Waals surface area (Å²) in [7, 11) is 3.21. The normalized spacial score (nSPS) is 9.44. The summed E-state index contributed by atoms with van der Waals surface area (Å²) < 4.78 is 0. The highest BCUT2D eigenvalue weighted by Crippen LogP contribution is 2.38. The maximum Gasteiger partial charge on any atom is 0.385 e. The van der Waals surface area contributed by atoms with Gasteiger partial charge in [0.2, 0.25) is 10.8 Å². The van der Waals surface area contributed by atoms with Crippen LogP contribution in [0.25, 0.3) is 9.95 Å². The van der Waals surface area contributed by atoms with Gasteiger partial charge in [0.1, 0.15) is 0 Å². The van der Waals surface area contributed by atoms with Gasteiger partial charge in [-0.15, -0.1) is 0 Å². The zero-order valence-corrected chi connectivity index (χ0v) is 10.9. The van der Waals surface area contributed by atoms with E-state index in [-0.39, 0.29) is 0 Å². The first-order valence-electron chi connectivity index (χ1n) is 5.06. The lowest BCUT2D eigenvalue weighted by molar-refractivity contribution is 1.42. The van der Waals surface area contributed by atoms with E-state index >= 15 is 0 Å². The Bertz CT molecular complexity index is 551. The van der Waals surface area contributed by atoms with Gasteiger partial charge in [0.05, 0.1) is 0 Å². The van der Waals surface area contributed by atoms with E-state index in [2.05, 4.69) is 9.95 Å². The summed E-state index contributed by atoms with van der Waals surface area (Å²) in [5.74, 6) is 0. The first kappa shape index (κ1) is 12.4. The van der Waals surface area contributed by atoms with Gasteiger partial charge in [-0.25, -0.2) is 0 Å². The van der Waals surface area contributed by atoms with Crippen LogP contribution in [0.1, 0.15) is 0 Å². The number of diazo groups is 2. The highest BCUT2D eigenvalue weighted by molar-refractivity contribution is 8.76. The van der Waals surface area contributed by atoms with Crippen LogP contribution < -0.4 is 0 Å². The van der Waals surface area contributed by atoms with Gasteiger partial charge in [0.15, 0.2) is 9.95 Å². The van der Waals surface area contributed by atoms with E-state index in [1.165, 1.54) is 0 Å². The lowest BCUT2D eigenvalue weighted by Gasteiger charge is -1.98. The van der Waals surface area contributed by atoms with E-state index in [0.717, 1.165) is 9.79 Å². The first-order chi connectivity index (χ1) is 8.81. The van der Waals surface area contributed by atoms with Crippen molar-refractivity contribution in [2.24, 2.45) is 0 Å². The molecule has 86 valence electrons. The molecule has 0 N–H and O–H groups in total. The van der Waals surface area contributed by atoms with E-state index in [4.69, 9.17) is 10.8 Å². The molecule has 0 saturated heterocycles. The molecular formula is C12H8N4S2+2. The second kappa shape index (κ2) is 6.06. The summed E-state index contributed by atoms with van der Waals surface area (Å²) in [6, 6.07) is 14.6. The van der Waals surface area contributed by atoms with E-state index in [1.54, 1.807) is 45.9 Å². The van der Waals surface area contributed by atoms with Gasteiger partial charge in [-0.1, -0.05) is 21.6 Å². The fraction of sp³-hybridized carbons (Fsp3) is 0. The molecule has 0 atom stereocenters. The number of hydrogen-bond acceptors (Lipinski definition) is 4. The van der Waals surface area contributed by atoms with Crippen LogP contribution in [0.3, 0.4) is 0 Å². The van der Waals surface area contributed by atoms with Crippen LogP contribution in [-0.2, 0) is 0 Å². The van der Waals surface area contributed by atoms with Crippen LogP contribution in [0, 0.1) is 10.8 Å². The van der Waals surface area contributed by atoms with Crippen molar-refractivity contribution in [1.82, 2.24) is 0 Å². The molecule has 18 heavy (non-hydrogen) atoms. The smallest absolute Gasteiger partial charge is 0.0525 e. The fourth-order valence-corrected chi connectivity index (χ4v) is 3.16. The zero-order chi connectivity index (χ0) is 12.8. The number of nitrogens with zero attached hydrogens (tertiary/aromatic N) is 4. The average Bonchev–Trinajstić information content (AvgIpc) is 2.46. The van der Waals surface area contributed by atoms with Crippen molar-refractivity contribution in [2.75, 3.05) is 0 Å². The zero-order valence-electron chi connectivity index (χ0n) is 9.22. The van der Waals surface area contributed by atoms with Crippen molar-refractivity contribution in [3.63, 3.8) is 0 Å². The van der Waals surface area contributed by atoms with E-state index < -0.39 is 0 Å². The molecule has 0 amide bonds. The lowest BCUT2D eigenvalue weighted by atomic mass is 10.3. The van der Waals surface area contributed by atoms with E-state index in [0.29, 0.717) is 11.4 Å². The third-order valence-electron chi connectivity index (χ3n) is 2.14. The topological polar surface area (TPSA) is 56.3 Å². The van der Waals surface area contributed by atoms with Crippen molar-refractivity contribution in [1.29, 1.82) is 10.8 Å². The summed E-state index contributed by atoms with van der Waals surface area (Å²) >= 11 is 0.